The molecule has 0 atom stereocenters. The lowest BCUT2D eigenvalue weighted by Crippen LogP contribution is -2.31. The molecule has 21 heavy (non-hydrogen) atoms. The number of hydrogen-bond acceptors (Lipinski definition) is 5. The van der Waals surface area contributed by atoms with E-state index in [4.69, 9.17) is 0 Å². The van der Waals surface area contributed by atoms with E-state index in [1.165, 1.54) is 0 Å². The van der Waals surface area contributed by atoms with Gasteiger partial charge in [-0.15, -0.1) is 0 Å². The van der Waals surface area contributed by atoms with Crippen molar-refractivity contribution in [3.8, 4) is 11.6 Å². The smallest absolute Gasteiger partial charge is 0.335 e. The number of aromatic nitrogens is 2. The van der Waals surface area contributed by atoms with Gasteiger partial charge >= 0.3 is 5.69 Å². The Labute approximate surface area is 116 Å². The lowest BCUT2D eigenvalue weighted by atomic mass is 10.2. The molecule has 1 aromatic carbocycles. The summed E-state index contributed by atoms with van der Waals surface area (Å²) < 4.78 is 14.0. The molecule has 0 fully saturated rings. The molecule has 0 amide bonds. The van der Waals surface area contributed by atoms with Gasteiger partial charge in [-0.1, -0.05) is 6.92 Å². The van der Waals surface area contributed by atoms with Crippen molar-refractivity contribution in [3.63, 3.8) is 0 Å². The van der Waals surface area contributed by atoms with Crippen LogP contribution in [0.2, 0.25) is 0 Å². The van der Waals surface area contributed by atoms with Gasteiger partial charge in [-0.3, -0.25) is 19.9 Å². The van der Waals surface area contributed by atoms with Crippen LogP contribution in [0.5, 0.6) is 5.88 Å². The van der Waals surface area contributed by atoms with E-state index < -0.39 is 33.6 Å². The number of hydrogen-bond donors (Lipinski definition) is 2. The number of nitro benzene ring substituents is 1. The summed E-state index contributed by atoms with van der Waals surface area (Å²) in [5.74, 6) is -1.62. The van der Waals surface area contributed by atoms with Gasteiger partial charge in [0, 0.05) is 6.07 Å². The van der Waals surface area contributed by atoms with Crippen LogP contribution in [0.3, 0.4) is 0 Å². The van der Waals surface area contributed by atoms with Gasteiger partial charge in [0.05, 0.1) is 22.2 Å². The minimum absolute atomic E-state index is 0.0819. The molecule has 2 rings (SSSR count). The maximum atomic E-state index is 13.4. The SMILES string of the molecule is CCc1c(O)n(-c2cc(F)cc([N+](=O)[O-])c2)c(=O)[nH]c1=O. The number of nitrogens with one attached hydrogen (secondary N) is 1. The Morgan fingerprint density at radius 3 is 2.62 bits per heavy atom. The maximum Gasteiger partial charge on any atom is 0.335 e. The Morgan fingerprint density at radius 1 is 1.38 bits per heavy atom. The Balaban J connectivity index is 2.82. The van der Waals surface area contributed by atoms with Crippen LogP contribution < -0.4 is 11.2 Å². The Hall–Kier alpha value is -2.97. The van der Waals surface area contributed by atoms with Gasteiger partial charge in [-0.05, 0) is 12.5 Å². The zero-order chi connectivity index (χ0) is 15.7. The van der Waals surface area contributed by atoms with Crippen LogP contribution in [0.4, 0.5) is 10.1 Å². The van der Waals surface area contributed by atoms with Gasteiger partial charge in [-0.25, -0.2) is 13.8 Å². The van der Waals surface area contributed by atoms with Crippen molar-refractivity contribution in [2.75, 3.05) is 0 Å². The summed E-state index contributed by atoms with van der Waals surface area (Å²) in [6.07, 6.45) is 0.124. The third-order valence-electron chi connectivity index (χ3n) is 2.87. The Bertz CT molecular complexity index is 840. The highest BCUT2D eigenvalue weighted by Crippen LogP contribution is 2.22. The number of rotatable bonds is 3. The minimum Gasteiger partial charge on any atom is -0.494 e. The number of aromatic amines is 1. The molecule has 110 valence electrons. The first-order chi connectivity index (χ1) is 9.85. The third-order valence-corrected chi connectivity index (χ3v) is 2.87. The molecule has 0 bridgehead atoms. The van der Waals surface area contributed by atoms with Crippen LogP contribution in [0, 0.1) is 15.9 Å². The molecule has 1 aromatic heterocycles. The number of halogens is 1. The molecule has 0 saturated carbocycles. The molecular formula is C12H10FN3O5. The lowest BCUT2D eigenvalue weighted by Gasteiger charge is -2.10. The fraction of sp³-hybridized carbons (Fsp3) is 0.167. The fourth-order valence-electron chi connectivity index (χ4n) is 1.91. The first-order valence-electron chi connectivity index (χ1n) is 5.87. The average molecular weight is 295 g/mol. The monoisotopic (exact) mass is 295 g/mol. The summed E-state index contributed by atoms with van der Waals surface area (Å²) in [4.78, 5) is 35.1. The number of H-pyrrole nitrogens is 1. The van der Waals surface area contributed by atoms with E-state index in [0.717, 1.165) is 12.1 Å². The molecule has 0 radical (unpaired) electrons. The molecule has 0 aliphatic rings. The zero-order valence-electron chi connectivity index (χ0n) is 10.8. The summed E-state index contributed by atoms with van der Waals surface area (Å²) in [6, 6.07) is 2.44. The predicted octanol–water partition coefficient (Wildman–Crippen LogP) is 0.841. The van der Waals surface area contributed by atoms with Crippen molar-refractivity contribution < 1.29 is 14.4 Å². The second-order valence-electron chi connectivity index (χ2n) is 4.18. The molecule has 8 nitrogen and oxygen atoms in total. The van der Waals surface area contributed by atoms with Crippen molar-refractivity contribution >= 4 is 5.69 Å². The summed E-state index contributed by atoms with van der Waals surface area (Å²) in [7, 11) is 0. The van der Waals surface area contributed by atoms with E-state index in [1.807, 2.05) is 4.98 Å². The highest BCUT2D eigenvalue weighted by molar-refractivity contribution is 5.46. The minimum atomic E-state index is -1.02. The van der Waals surface area contributed by atoms with Crippen molar-refractivity contribution in [1.29, 1.82) is 0 Å². The molecule has 0 aliphatic heterocycles. The van der Waals surface area contributed by atoms with E-state index in [-0.39, 0.29) is 17.7 Å². The third kappa shape index (κ3) is 2.53. The van der Waals surface area contributed by atoms with Gasteiger partial charge in [0.1, 0.15) is 5.82 Å². The first-order valence-corrected chi connectivity index (χ1v) is 5.87. The maximum absolute atomic E-state index is 13.4. The molecule has 1 heterocycles. The van der Waals surface area contributed by atoms with Crippen LogP contribution in [0.15, 0.2) is 27.8 Å². The molecule has 0 unspecified atom stereocenters. The van der Waals surface area contributed by atoms with Crippen LogP contribution in [0.1, 0.15) is 12.5 Å². The van der Waals surface area contributed by atoms with Crippen molar-refractivity contribution in [2.24, 2.45) is 0 Å². The van der Waals surface area contributed by atoms with Gasteiger partial charge in [0.2, 0.25) is 5.88 Å². The molecule has 0 aliphatic carbocycles. The van der Waals surface area contributed by atoms with E-state index in [1.54, 1.807) is 6.92 Å². The van der Waals surface area contributed by atoms with Gasteiger partial charge in [-0.2, -0.15) is 0 Å². The van der Waals surface area contributed by atoms with Crippen LogP contribution in [-0.2, 0) is 6.42 Å². The Kier molecular flexibility index (Phi) is 3.57. The molecule has 0 spiro atoms. The van der Waals surface area contributed by atoms with Crippen molar-refractivity contribution in [3.05, 3.63) is 60.5 Å². The summed E-state index contributed by atoms with van der Waals surface area (Å²) in [5, 5.41) is 20.7. The predicted molar refractivity (Wildman–Crippen MR) is 70.3 cm³/mol. The van der Waals surface area contributed by atoms with Crippen LogP contribution >= 0.6 is 0 Å². The molecule has 9 heteroatoms. The highest BCUT2D eigenvalue weighted by atomic mass is 19.1. The molecule has 0 saturated heterocycles. The highest BCUT2D eigenvalue weighted by Gasteiger charge is 2.17. The van der Waals surface area contributed by atoms with Gasteiger partial charge in [0.15, 0.2) is 0 Å². The standard InChI is InChI=1S/C12H10FN3O5/c1-2-9-10(17)14-12(19)15(11(9)18)7-3-6(13)4-8(5-7)16(20)21/h3-5,18H,2H2,1H3,(H,14,17,19). The first kappa shape index (κ1) is 14.4. The van der Waals surface area contributed by atoms with E-state index in [9.17, 15) is 29.2 Å². The fourth-order valence-corrected chi connectivity index (χ4v) is 1.91. The number of aromatic hydroxyl groups is 1. The largest absolute Gasteiger partial charge is 0.494 e. The summed E-state index contributed by atoms with van der Waals surface area (Å²) in [5.41, 5.74) is -2.70. The molecule has 2 N–H and O–H groups in total. The van der Waals surface area contributed by atoms with Gasteiger partial charge in [0.25, 0.3) is 11.2 Å². The summed E-state index contributed by atoms with van der Waals surface area (Å²) >= 11 is 0. The molecular weight excluding hydrogens is 285 g/mol. The lowest BCUT2D eigenvalue weighted by molar-refractivity contribution is -0.385. The topological polar surface area (TPSA) is 118 Å². The number of benzene rings is 1. The van der Waals surface area contributed by atoms with Crippen molar-refractivity contribution in [2.45, 2.75) is 13.3 Å². The zero-order valence-corrected chi connectivity index (χ0v) is 10.8. The van der Waals surface area contributed by atoms with Crippen LogP contribution in [0.25, 0.3) is 5.69 Å². The van der Waals surface area contributed by atoms with Gasteiger partial charge < -0.3 is 5.11 Å². The Morgan fingerprint density at radius 2 is 2.05 bits per heavy atom. The number of non-ortho nitro benzene ring substituents is 1. The second-order valence-corrected chi connectivity index (χ2v) is 4.18. The second kappa shape index (κ2) is 5.19. The van der Waals surface area contributed by atoms with Crippen LogP contribution in [-0.4, -0.2) is 19.6 Å². The normalized spacial score (nSPS) is 10.6. The van der Waals surface area contributed by atoms with E-state index in [0.29, 0.717) is 10.6 Å². The number of nitro groups is 1. The summed E-state index contributed by atoms with van der Waals surface area (Å²) in [6.45, 7) is 1.58. The van der Waals surface area contributed by atoms with E-state index >= 15 is 0 Å². The number of nitrogens with zero attached hydrogens (tertiary/aromatic N) is 2. The van der Waals surface area contributed by atoms with Crippen molar-refractivity contribution in [1.82, 2.24) is 9.55 Å². The quantitative estimate of drug-likeness (QED) is 0.642. The average Bonchev–Trinajstić information content (AvgIpc) is 2.37. The van der Waals surface area contributed by atoms with E-state index in [2.05, 4.69) is 0 Å². The molecule has 2 aromatic rings.